The van der Waals surface area contributed by atoms with E-state index in [-0.39, 0.29) is 25.0 Å². The Hall–Kier alpha value is -1.62. The fourth-order valence-electron chi connectivity index (χ4n) is 2.22. The number of urea groups is 1. The SMILES string of the molecule is Cc1ccc(CNC(=O)NC(C)(CO)C2CC2)cc1F. The van der Waals surface area contributed by atoms with Crippen LogP contribution in [0.4, 0.5) is 9.18 Å². The zero-order chi connectivity index (χ0) is 14.8. The van der Waals surface area contributed by atoms with Crippen LogP contribution in [-0.2, 0) is 6.54 Å². The first kappa shape index (κ1) is 14.8. The molecule has 3 N–H and O–H groups in total. The van der Waals surface area contributed by atoms with Crippen molar-refractivity contribution in [1.82, 2.24) is 10.6 Å². The third kappa shape index (κ3) is 3.48. The molecule has 1 fully saturated rings. The van der Waals surface area contributed by atoms with Crippen LogP contribution in [0.5, 0.6) is 0 Å². The highest BCUT2D eigenvalue weighted by Crippen LogP contribution is 2.39. The van der Waals surface area contributed by atoms with Gasteiger partial charge in [0.15, 0.2) is 0 Å². The fourth-order valence-corrected chi connectivity index (χ4v) is 2.22. The Morgan fingerprint density at radius 3 is 2.75 bits per heavy atom. The zero-order valence-electron chi connectivity index (χ0n) is 11.9. The summed E-state index contributed by atoms with van der Waals surface area (Å²) in [4.78, 5) is 11.8. The van der Waals surface area contributed by atoms with Crippen LogP contribution < -0.4 is 10.6 Å². The van der Waals surface area contributed by atoms with Gasteiger partial charge < -0.3 is 15.7 Å². The van der Waals surface area contributed by atoms with Crippen molar-refractivity contribution in [3.05, 3.63) is 35.1 Å². The maximum atomic E-state index is 13.4. The third-order valence-corrected chi connectivity index (χ3v) is 3.90. The highest BCUT2D eigenvalue weighted by Gasteiger charge is 2.42. The highest BCUT2D eigenvalue weighted by molar-refractivity contribution is 5.74. The lowest BCUT2D eigenvalue weighted by Gasteiger charge is -2.28. The van der Waals surface area contributed by atoms with Crippen molar-refractivity contribution in [2.75, 3.05) is 6.61 Å². The Balaban J connectivity index is 1.87. The number of aryl methyl sites for hydroxylation is 1. The number of halogens is 1. The van der Waals surface area contributed by atoms with Crippen LogP contribution in [0.15, 0.2) is 18.2 Å². The smallest absolute Gasteiger partial charge is 0.315 e. The molecule has 1 aliphatic carbocycles. The summed E-state index contributed by atoms with van der Waals surface area (Å²) in [5, 5.41) is 14.9. The molecule has 1 aliphatic rings. The molecule has 0 radical (unpaired) electrons. The number of benzene rings is 1. The van der Waals surface area contributed by atoms with Gasteiger partial charge in [-0.15, -0.1) is 0 Å². The lowest BCUT2D eigenvalue weighted by molar-refractivity contribution is 0.155. The maximum Gasteiger partial charge on any atom is 0.315 e. The van der Waals surface area contributed by atoms with Crippen LogP contribution in [0, 0.1) is 18.7 Å². The molecule has 0 heterocycles. The molecule has 1 atom stereocenters. The molecule has 1 unspecified atom stereocenters. The van der Waals surface area contributed by atoms with Gasteiger partial charge in [0.25, 0.3) is 0 Å². The summed E-state index contributed by atoms with van der Waals surface area (Å²) in [6.45, 7) is 3.72. The van der Waals surface area contributed by atoms with Crippen molar-refractivity contribution < 1.29 is 14.3 Å². The molecule has 0 aliphatic heterocycles. The van der Waals surface area contributed by atoms with Gasteiger partial charge in [-0.1, -0.05) is 12.1 Å². The van der Waals surface area contributed by atoms with Crippen molar-refractivity contribution in [2.45, 2.75) is 38.8 Å². The second-order valence-corrected chi connectivity index (χ2v) is 5.74. The highest BCUT2D eigenvalue weighted by atomic mass is 19.1. The van der Waals surface area contributed by atoms with Gasteiger partial charge in [-0.2, -0.15) is 0 Å². The van der Waals surface area contributed by atoms with Crippen LogP contribution in [-0.4, -0.2) is 23.3 Å². The quantitative estimate of drug-likeness (QED) is 0.773. The predicted molar refractivity (Wildman–Crippen MR) is 74.7 cm³/mol. The summed E-state index contributed by atoms with van der Waals surface area (Å²) in [6.07, 6.45) is 2.06. The van der Waals surface area contributed by atoms with E-state index in [0.717, 1.165) is 12.8 Å². The summed E-state index contributed by atoms with van der Waals surface area (Å²) in [5.74, 6) is 0.0676. The number of aliphatic hydroxyl groups excluding tert-OH is 1. The first-order valence-corrected chi connectivity index (χ1v) is 6.86. The number of nitrogens with one attached hydrogen (secondary N) is 2. The van der Waals surface area contributed by atoms with Crippen molar-refractivity contribution in [1.29, 1.82) is 0 Å². The van der Waals surface area contributed by atoms with Gasteiger partial charge in [-0.3, -0.25) is 0 Å². The van der Waals surface area contributed by atoms with Crippen LogP contribution in [0.2, 0.25) is 0 Å². The van der Waals surface area contributed by atoms with Crippen LogP contribution in [0.3, 0.4) is 0 Å². The number of carbonyl (C=O) groups is 1. The molecule has 2 rings (SSSR count). The van der Waals surface area contributed by atoms with Crippen LogP contribution in [0.25, 0.3) is 0 Å². The Bertz CT molecular complexity index is 503. The summed E-state index contributed by atoms with van der Waals surface area (Å²) in [5.41, 5.74) is 0.725. The molecule has 4 nitrogen and oxygen atoms in total. The van der Waals surface area contributed by atoms with E-state index in [2.05, 4.69) is 10.6 Å². The van der Waals surface area contributed by atoms with E-state index in [0.29, 0.717) is 17.0 Å². The van der Waals surface area contributed by atoms with Gasteiger partial charge in [0, 0.05) is 6.54 Å². The Morgan fingerprint density at radius 2 is 2.20 bits per heavy atom. The second kappa shape index (κ2) is 5.79. The topological polar surface area (TPSA) is 61.4 Å². The standard InChI is InChI=1S/C15H21FN2O2/c1-10-3-4-11(7-13(10)16)8-17-14(20)18-15(2,9-19)12-5-6-12/h3-4,7,12,19H,5-6,8-9H2,1-2H3,(H2,17,18,20). The number of carbonyl (C=O) groups excluding carboxylic acids is 1. The number of amides is 2. The monoisotopic (exact) mass is 280 g/mol. The van der Waals surface area contributed by atoms with Gasteiger partial charge in [0.1, 0.15) is 5.82 Å². The van der Waals surface area contributed by atoms with E-state index in [4.69, 9.17) is 0 Å². The molecule has 1 saturated carbocycles. The fraction of sp³-hybridized carbons (Fsp3) is 0.533. The predicted octanol–water partition coefficient (Wildman–Crippen LogP) is 2.09. The van der Waals surface area contributed by atoms with E-state index in [1.165, 1.54) is 6.07 Å². The molecule has 0 saturated heterocycles. The molecule has 110 valence electrons. The summed E-state index contributed by atoms with van der Waals surface area (Å²) < 4.78 is 13.4. The summed E-state index contributed by atoms with van der Waals surface area (Å²) >= 11 is 0. The Morgan fingerprint density at radius 1 is 1.50 bits per heavy atom. The summed E-state index contributed by atoms with van der Waals surface area (Å²) in [7, 11) is 0. The molecule has 1 aromatic rings. The lowest BCUT2D eigenvalue weighted by Crippen LogP contribution is -2.53. The van der Waals surface area contributed by atoms with Crippen LogP contribution >= 0.6 is 0 Å². The summed E-state index contributed by atoms with van der Waals surface area (Å²) in [6, 6.07) is 4.55. The van der Waals surface area contributed by atoms with E-state index >= 15 is 0 Å². The normalized spacial score (nSPS) is 17.4. The number of hydrogen-bond donors (Lipinski definition) is 3. The molecule has 1 aromatic carbocycles. The van der Waals surface area contributed by atoms with Gasteiger partial charge in [-0.25, -0.2) is 9.18 Å². The number of aliphatic hydroxyl groups is 1. The molecular formula is C15H21FN2O2. The largest absolute Gasteiger partial charge is 0.394 e. The maximum absolute atomic E-state index is 13.4. The molecule has 0 spiro atoms. The molecular weight excluding hydrogens is 259 g/mol. The molecule has 5 heteroatoms. The molecule has 2 amide bonds. The molecule has 0 aromatic heterocycles. The molecule has 0 bridgehead atoms. The number of hydrogen-bond acceptors (Lipinski definition) is 2. The average molecular weight is 280 g/mol. The van der Waals surface area contributed by atoms with Crippen LogP contribution in [0.1, 0.15) is 30.9 Å². The van der Waals surface area contributed by atoms with Crippen molar-refractivity contribution in [2.24, 2.45) is 5.92 Å². The van der Waals surface area contributed by atoms with Gasteiger partial charge >= 0.3 is 6.03 Å². The third-order valence-electron chi connectivity index (χ3n) is 3.90. The minimum Gasteiger partial charge on any atom is -0.394 e. The van der Waals surface area contributed by atoms with E-state index < -0.39 is 5.54 Å². The first-order chi connectivity index (χ1) is 9.44. The van der Waals surface area contributed by atoms with Gasteiger partial charge in [-0.05, 0) is 49.8 Å². The van der Waals surface area contributed by atoms with E-state index in [9.17, 15) is 14.3 Å². The second-order valence-electron chi connectivity index (χ2n) is 5.74. The first-order valence-electron chi connectivity index (χ1n) is 6.86. The zero-order valence-corrected chi connectivity index (χ0v) is 11.9. The minimum absolute atomic E-state index is 0.0791. The number of rotatable bonds is 5. The lowest BCUT2D eigenvalue weighted by atomic mass is 9.97. The minimum atomic E-state index is -0.567. The molecule has 20 heavy (non-hydrogen) atoms. The van der Waals surface area contributed by atoms with E-state index in [1.807, 2.05) is 6.92 Å². The Labute approximate surface area is 118 Å². The average Bonchev–Trinajstić information content (AvgIpc) is 3.25. The van der Waals surface area contributed by atoms with Crippen molar-refractivity contribution >= 4 is 6.03 Å². The Kier molecular flexibility index (Phi) is 4.28. The van der Waals surface area contributed by atoms with Crippen molar-refractivity contribution in [3.8, 4) is 0 Å². The van der Waals surface area contributed by atoms with Gasteiger partial charge in [0.2, 0.25) is 0 Å². The van der Waals surface area contributed by atoms with Gasteiger partial charge in [0.05, 0.1) is 12.1 Å². The van der Waals surface area contributed by atoms with Crippen molar-refractivity contribution in [3.63, 3.8) is 0 Å². The van der Waals surface area contributed by atoms with E-state index in [1.54, 1.807) is 19.1 Å².